The number of furan rings is 1. The van der Waals surface area contributed by atoms with Crippen LogP contribution in [0.4, 0.5) is 0 Å². The third-order valence-electron chi connectivity index (χ3n) is 2.61. The fourth-order valence-corrected chi connectivity index (χ4v) is 1.76. The normalized spacial score (nSPS) is 11.1. The van der Waals surface area contributed by atoms with Crippen molar-refractivity contribution >= 4 is 11.0 Å². The summed E-state index contributed by atoms with van der Waals surface area (Å²) in [5.74, 6) is 0.987. The van der Waals surface area contributed by atoms with Crippen LogP contribution in [-0.2, 0) is 6.42 Å². The second kappa shape index (κ2) is 3.05. The van der Waals surface area contributed by atoms with Crippen LogP contribution in [0.2, 0.25) is 0 Å². The molecule has 2 nitrogen and oxygen atoms in total. The third-order valence-corrected chi connectivity index (χ3v) is 2.61. The van der Waals surface area contributed by atoms with Crippen LogP contribution in [0.15, 0.2) is 16.5 Å². The molecule has 0 amide bonds. The fraction of sp³-hybridized carbons (Fsp3) is 0.333. The van der Waals surface area contributed by atoms with Crippen LogP contribution in [0.3, 0.4) is 0 Å². The Morgan fingerprint density at radius 3 is 2.43 bits per heavy atom. The summed E-state index contributed by atoms with van der Waals surface area (Å²) in [4.78, 5) is 0. The maximum Gasteiger partial charge on any atom is 0.165 e. The summed E-state index contributed by atoms with van der Waals surface area (Å²) in [6, 6.07) is 4.02. The Hall–Kier alpha value is -1.44. The minimum atomic E-state index is 0.309. The molecule has 1 N–H and O–H groups in total. The lowest BCUT2D eigenvalue weighted by Gasteiger charge is -1.97. The molecule has 2 heteroatoms. The molecule has 0 saturated carbocycles. The van der Waals surface area contributed by atoms with Gasteiger partial charge in [-0.15, -0.1) is 0 Å². The molecule has 0 fully saturated rings. The average Bonchev–Trinajstić information content (AvgIpc) is 2.51. The van der Waals surface area contributed by atoms with E-state index in [4.69, 9.17) is 4.42 Å². The van der Waals surface area contributed by atoms with Gasteiger partial charge in [0, 0.05) is 6.42 Å². The van der Waals surface area contributed by atoms with Crippen molar-refractivity contribution in [2.75, 3.05) is 0 Å². The van der Waals surface area contributed by atoms with E-state index in [1.807, 2.05) is 32.9 Å². The Labute approximate surface area is 83.2 Å². The standard InChI is InChI=1S/C12H14O2/c1-4-9-11(13)10-7(2)5-6-8(3)12(10)14-9/h5-6,13H,4H2,1-3H3. The second-order valence-electron chi connectivity index (χ2n) is 3.63. The van der Waals surface area contributed by atoms with Crippen molar-refractivity contribution < 1.29 is 9.52 Å². The number of hydrogen-bond donors (Lipinski definition) is 1. The first-order valence-electron chi connectivity index (χ1n) is 4.85. The molecule has 0 unspecified atom stereocenters. The maximum absolute atomic E-state index is 9.90. The van der Waals surface area contributed by atoms with Gasteiger partial charge in [-0.3, -0.25) is 0 Å². The molecule has 0 aliphatic rings. The Balaban J connectivity index is 2.90. The Bertz CT molecular complexity index is 481. The van der Waals surface area contributed by atoms with Crippen LogP contribution in [0.25, 0.3) is 11.0 Å². The maximum atomic E-state index is 9.90. The highest BCUT2D eigenvalue weighted by atomic mass is 16.4. The summed E-state index contributed by atoms with van der Waals surface area (Å²) in [7, 11) is 0. The summed E-state index contributed by atoms with van der Waals surface area (Å²) in [6.45, 7) is 5.95. The van der Waals surface area contributed by atoms with Crippen LogP contribution in [0, 0.1) is 13.8 Å². The lowest BCUT2D eigenvalue weighted by atomic mass is 10.1. The lowest BCUT2D eigenvalue weighted by Crippen LogP contribution is -1.77. The second-order valence-corrected chi connectivity index (χ2v) is 3.63. The lowest BCUT2D eigenvalue weighted by molar-refractivity contribution is 0.443. The van der Waals surface area contributed by atoms with E-state index < -0.39 is 0 Å². The molecule has 1 aromatic carbocycles. The monoisotopic (exact) mass is 190 g/mol. The van der Waals surface area contributed by atoms with Gasteiger partial charge in [-0.1, -0.05) is 19.1 Å². The molecule has 0 saturated heterocycles. The zero-order chi connectivity index (χ0) is 10.3. The first-order valence-corrected chi connectivity index (χ1v) is 4.85. The number of aromatic hydroxyl groups is 1. The largest absolute Gasteiger partial charge is 0.504 e. The Morgan fingerprint density at radius 2 is 1.86 bits per heavy atom. The summed E-state index contributed by atoms with van der Waals surface area (Å²) in [6.07, 6.45) is 0.722. The molecule has 74 valence electrons. The Morgan fingerprint density at radius 1 is 1.21 bits per heavy atom. The van der Waals surface area contributed by atoms with Crippen LogP contribution in [0.1, 0.15) is 23.8 Å². The van der Waals surface area contributed by atoms with Crippen LogP contribution < -0.4 is 0 Å². The molecule has 0 aliphatic heterocycles. The molecule has 14 heavy (non-hydrogen) atoms. The minimum absolute atomic E-state index is 0.309. The van der Waals surface area contributed by atoms with E-state index in [2.05, 4.69) is 0 Å². The van der Waals surface area contributed by atoms with Gasteiger partial charge in [-0.05, 0) is 25.0 Å². The van der Waals surface area contributed by atoms with Gasteiger partial charge >= 0.3 is 0 Å². The first-order chi connectivity index (χ1) is 6.65. The van der Waals surface area contributed by atoms with E-state index in [0.29, 0.717) is 11.5 Å². The third kappa shape index (κ3) is 1.10. The smallest absolute Gasteiger partial charge is 0.165 e. The molecule has 0 spiro atoms. The van der Waals surface area contributed by atoms with E-state index in [1.165, 1.54) is 0 Å². The predicted octanol–water partition coefficient (Wildman–Crippen LogP) is 3.32. The highest BCUT2D eigenvalue weighted by molar-refractivity contribution is 5.90. The molecular weight excluding hydrogens is 176 g/mol. The molecule has 0 aliphatic carbocycles. The van der Waals surface area contributed by atoms with Crippen molar-refractivity contribution in [1.82, 2.24) is 0 Å². The van der Waals surface area contributed by atoms with Crippen molar-refractivity contribution in [2.45, 2.75) is 27.2 Å². The fourth-order valence-electron chi connectivity index (χ4n) is 1.76. The number of fused-ring (bicyclic) bond motifs is 1. The molecular formula is C12H14O2. The zero-order valence-electron chi connectivity index (χ0n) is 8.72. The first kappa shape index (κ1) is 9.13. The van der Waals surface area contributed by atoms with Crippen molar-refractivity contribution in [2.24, 2.45) is 0 Å². The van der Waals surface area contributed by atoms with E-state index in [1.54, 1.807) is 0 Å². The molecule has 0 atom stereocenters. The van der Waals surface area contributed by atoms with Crippen molar-refractivity contribution in [3.8, 4) is 5.75 Å². The minimum Gasteiger partial charge on any atom is -0.504 e. The molecule has 2 aromatic rings. The van der Waals surface area contributed by atoms with Crippen LogP contribution in [-0.4, -0.2) is 5.11 Å². The summed E-state index contributed by atoms with van der Waals surface area (Å²) < 4.78 is 5.61. The van der Waals surface area contributed by atoms with E-state index >= 15 is 0 Å². The number of rotatable bonds is 1. The predicted molar refractivity (Wildman–Crippen MR) is 56.7 cm³/mol. The quantitative estimate of drug-likeness (QED) is 0.748. The van der Waals surface area contributed by atoms with Crippen molar-refractivity contribution in [3.63, 3.8) is 0 Å². The van der Waals surface area contributed by atoms with E-state index in [0.717, 1.165) is 28.5 Å². The van der Waals surface area contributed by atoms with Gasteiger partial charge in [0.15, 0.2) is 5.75 Å². The number of aryl methyl sites for hydroxylation is 3. The molecule has 2 rings (SSSR count). The van der Waals surface area contributed by atoms with E-state index in [9.17, 15) is 5.11 Å². The topological polar surface area (TPSA) is 33.4 Å². The average molecular weight is 190 g/mol. The zero-order valence-corrected chi connectivity index (χ0v) is 8.72. The summed E-state index contributed by atoms with van der Waals surface area (Å²) in [5, 5.41) is 10.8. The van der Waals surface area contributed by atoms with Gasteiger partial charge in [-0.2, -0.15) is 0 Å². The number of hydrogen-bond acceptors (Lipinski definition) is 2. The van der Waals surface area contributed by atoms with Gasteiger partial charge < -0.3 is 9.52 Å². The summed E-state index contributed by atoms with van der Waals surface area (Å²) in [5.41, 5.74) is 2.95. The van der Waals surface area contributed by atoms with Gasteiger partial charge in [0.25, 0.3) is 0 Å². The van der Waals surface area contributed by atoms with Crippen molar-refractivity contribution in [1.29, 1.82) is 0 Å². The van der Waals surface area contributed by atoms with Crippen LogP contribution >= 0.6 is 0 Å². The molecule has 1 heterocycles. The van der Waals surface area contributed by atoms with Gasteiger partial charge in [0.05, 0.1) is 5.39 Å². The highest BCUT2D eigenvalue weighted by Crippen LogP contribution is 2.36. The van der Waals surface area contributed by atoms with Gasteiger partial charge in [0.2, 0.25) is 0 Å². The molecule has 1 aromatic heterocycles. The van der Waals surface area contributed by atoms with Gasteiger partial charge in [-0.25, -0.2) is 0 Å². The number of benzene rings is 1. The summed E-state index contributed by atoms with van der Waals surface area (Å²) >= 11 is 0. The van der Waals surface area contributed by atoms with E-state index in [-0.39, 0.29) is 0 Å². The van der Waals surface area contributed by atoms with Crippen LogP contribution in [0.5, 0.6) is 5.75 Å². The SMILES string of the molecule is CCc1oc2c(C)ccc(C)c2c1O. The van der Waals surface area contributed by atoms with Crippen molar-refractivity contribution in [3.05, 3.63) is 29.0 Å². The Kier molecular flexibility index (Phi) is 1.99. The highest BCUT2D eigenvalue weighted by Gasteiger charge is 2.14. The molecule has 0 radical (unpaired) electrons. The molecule has 0 bridgehead atoms. The van der Waals surface area contributed by atoms with Gasteiger partial charge in [0.1, 0.15) is 11.3 Å².